The van der Waals surface area contributed by atoms with Gasteiger partial charge in [-0.3, -0.25) is 9.59 Å². The molecule has 0 aromatic carbocycles. The van der Waals surface area contributed by atoms with Crippen molar-refractivity contribution in [1.82, 2.24) is 0 Å². The summed E-state index contributed by atoms with van der Waals surface area (Å²) in [5.41, 5.74) is 0. The van der Waals surface area contributed by atoms with Gasteiger partial charge in [0.2, 0.25) is 5.78 Å². The van der Waals surface area contributed by atoms with E-state index in [2.05, 4.69) is 11.4 Å². The smallest absolute Gasteiger partial charge is 0.291 e. The van der Waals surface area contributed by atoms with E-state index < -0.39 is 18.1 Å². The minimum absolute atomic E-state index is 0.249. The monoisotopic (exact) mass is 141 g/mol. The van der Waals surface area contributed by atoms with Gasteiger partial charge in [-0.05, 0) is 0 Å². The highest BCUT2D eigenvalue weighted by Gasteiger charge is 2.12. The highest BCUT2D eigenvalue weighted by atomic mass is 16.3. The van der Waals surface area contributed by atoms with Crippen LogP contribution in [0.1, 0.15) is 6.42 Å². The summed E-state index contributed by atoms with van der Waals surface area (Å²) < 4.78 is 0. The number of carbonyl (C=O) groups is 2. The molecule has 0 aromatic heterocycles. The van der Waals surface area contributed by atoms with Gasteiger partial charge >= 0.3 is 6.54 Å². The third kappa shape index (κ3) is 3.43. The van der Waals surface area contributed by atoms with Gasteiger partial charge in [0.25, 0.3) is 12.5 Å². The number of nitrogens with zero attached hydrogens (tertiary/aromatic N) is 2. The molecule has 0 fully saturated rings. The van der Waals surface area contributed by atoms with Crippen LogP contribution in [0.15, 0.2) is 5.18 Å². The summed E-state index contributed by atoms with van der Waals surface area (Å²) in [4.78, 5) is 32.9. The highest BCUT2D eigenvalue weighted by Crippen LogP contribution is 1.87. The van der Waals surface area contributed by atoms with Gasteiger partial charge < -0.3 is 0 Å². The summed E-state index contributed by atoms with van der Waals surface area (Å²) in [5.74, 6) is -1.50. The van der Waals surface area contributed by atoms with E-state index in [0.717, 1.165) is 0 Å². The van der Waals surface area contributed by atoms with Crippen molar-refractivity contribution in [2.24, 2.45) is 5.18 Å². The Balaban J connectivity index is 3.71. The summed E-state index contributed by atoms with van der Waals surface area (Å²) in [5, 5.41) is 2.02. The molecule has 0 aliphatic rings. The Hall–Kier alpha value is -1.57. The van der Waals surface area contributed by atoms with Crippen LogP contribution in [0.2, 0.25) is 0 Å². The normalized spacial score (nSPS) is 7.90. The van der Waals surface area contributed by atoms with Crippen LogP contribution >= 0.6 is 0 Å². The average molecular weight is 141 g/mol. The van der Waals surface area contributed by atoms with Crippen LogP contribution in [0.5, 0.6) is 0 Å². The van der Waals surface area contributed by atoms with E-state index >= 15 is 0 Å². The zero-order valence-corrected chi connectivity index (χ0v) is 5.11. The van der Waals surface area contributed by atoms with Crippen LogP contribution in [0, 0.1) is 11.5 Å². The van der Waals surface area contributed by atoms with Crippen LogP contribution in [-0.2, 0) is 9.59 Å². The van der Waals surface area contributed by atoms with Crippen LogP contribution in [0.3, 0.4) is 0 Å². The second kappa shape index (κ2) is 4.32. The molecule has 0 heterocycles. The number of ketones is 1. The Kier molecular flexibility index (Phi) is 3.64. The van der Waals surface area contributed by atoms with Crippen LogP contribution in [0.25, 0.3) is 4.85 Å². The molecule has 0 atom stereocenters. The second-order valence-corrected chi connectivity index (χ2v) is 1.54. The molecule has 0 radical (unpaired) electrons. The molecule has 0 aliphatic heterocycles. The summed E-state index contributed by atoms with van der Waals surface area (Å²) >= 11 is 0. The minimum Gasteiger partial charge on any atom is -0.291 e. The Morgan fingerprint density at radius 3 is 2.50 bits per heavy atom. The fraction of sp³-hybridized carbons (Fsp3) is 0.400. The number of Topliss-reactive ketones (excluding diaryl/α,β-unsaturated/α-hetero) is 1. The predicted octanol–water partition coefficient (Wildman–Crippen LogP) is 0.201. The van der Waals surface area contributed by atoms with Gasteiger partial charge in [0.05, 0.1) is 6.42 Å². The molecule has 0 aromatic rings. The van der Waals surface area contributed by atoms with Crippen molar-refractivity contribution in [2.45, 2.75) is 6.42 Å². The zero-order chi connectivity index (χ0) is 7.98. The first-order valence-electron chi connectivity index (χ1n) is 2.45. The maximum atomic E-state index is 10.4. The molecule has 0 unspecified atom stereocenters. The van der Waals surface area contributed by atoms with Crippen molar-refractivity contribution in [3.63, 3.8) is 0 Å². The molecule has 0 aliphatic carbocycles. The number of hydrogen-bond donors (Lipinski definition) is 0. The predicted molar refractivity (Wildman–Crippen MR) is 33.6 cm³/mol. The average Bonchev–Trinajstić information content (AvgIpc) is 1.88. The third-order valence-corrected chi connectivity index (χ3v) is 0.718. The molecule has 10 heavy (non-hydrogen) atoms. The van der Waals surface area contributed by atoms with Gasteiger partial charge in [-0.1, -0.05) is 4.85 Å². The van der Waals surface area contributed by atoms with Gasteiger partial charge in [0, 0.05) is 5.18 Å². The summed E-state index contributed by atoms with van der Waals surface area (Å²) in [6.07, 6.45) is -0.510. The number of amides is 1. The molecule has 0 rings (SSSR count). The van der Waals surface area contributed by atoms with Gasteiger partial charge in [-0.2, -0.15) is 0 Å². The molecule has 0 saturated heterocycles. The van der Waals surface area contributed by atoms with Crippen molar-refractivity contribution in [1.29, 1.82) is 0 Å². The first kappa shape index (κ1) is 8.43. The van der Waals surface area contributed by atoms with E-state index in [-0.39, 0.29) is 6.54 Å². The third-order valence-electron chi connectivity index (χ3n) is 0.718. The number of nitroso groups, excluding NO2 is 1. The zero-order valence-electron chi connectivity index (χ0n) is 5.11. The van der Waals surface area contributed by atoms with E-state index in [1.807, 2.05) is 5.18 Å². The first-order valence-corrected chi connectivity index (χ1v) is 2.45. The van der Waals surface area contributed by atoms with Crippen molar-refractivity contribution in [3.8, 4) is 6.57 Å². The Labute approximate surface area is 56.8 Å². The highest BCUT2D eigenvalue weighted by molar-refractivity contribution is 5.99. The minimum atomic E-state index is -0.992. The molecule has 1 amide bonds. The Morgan fingerprint density at radius 2 is 2.10 bits per heavy atom. The van der Waals surface area contributed by atoms with Crippen LogP contribution < -0.4 is 0 Å². The second-order valence-electron chi connectivity index (χ2n) is 1.54. The number of carbonyl (C=O) groups excluding carboxylic acids is 2. The number of hydrogen-bond acceptors (Lipinski definition) is 3. The lowest BCUT2D eigenvalue weighted by Crippen LogP contribution is -2.06. The van der Waals surface area contributed by atoms with Gasteiger partial charge in [-0.15, -0.1) is 4.91 Å². The van der Waals surface area contributed by atoms with E-state index in [4.69, 9.17) is 0 Å². The maximum Gasteiger partial charge on any atom is 0.320 e. The Morgan fingerprint density at radius 1 is 1.50 bits per heavy atom. The molecule has 52 valence electrons. The van der Waals surface area contributed by atoms with E-state index in [1.54, 1.807) is 0 Å². The van der Waals surface area contributed by atoms with E-state index in [9.17, 15) is 14.5 Å². The summed E-state index contributed by atoms with van der Waals surface area (Å²) in [7, 11) is 0. The van der Waals surface area contributed by atoms with Crippen molar-refractivity contribution >= 4 is 11.7 Å². The van der Waals surface area contributed by atoms with Crippen molar-refractivity contribution in [3.05, 3.63) is 9.75 Å². The molecule has 0 bridgehead atoms. The van der Waals surface area contributed by atoms with E-state index in [1.165, 1.54) is 0 Å². The maximum absolute atomic E-state index is 10.4. The van der Waals surface area contributed by atoms with Crippen LogP contribution in [0.4, 0.5) is 0 Å². The molecule has 5 heteroatoms. The lowest BCUT2D eigenvalue weighted by molar-refractivity contribution is -0.125. The van der Waals surface area contributed by atoms with E-state index in [0.29, 0.717) is 0 Å². The standard InChI is InChI=1S/C5H5N2O3/c1-6-3-4(8)2-5(9)7-10/h1H,2-3H2/q+1. The molecule has 0 spiro atoms. The first-order chi connectivity index (χ1) is 4.70. The molecular weight excluding hydrogens is 136 g/mol. The van der Waals surface area contributed by atoms with Crippen LogP contribution in [-0.4, -0.2) is 18.2 Å². The quantitative estimate of drug-likeness (QED) is 0.416. The van der Waals surface area contributed by atoms with Crippen molar-refractivity contribution < 1.29 is 9.59 Å². The lowest BCUT2D eigenvalue weighted by atomic mass is 10.3. The summed E-state index contributed by atoms with van der Waals surface area (Å²) in [6, 6.07) is 0. The summed E-state index contributed by atoms with van der Waals surface area (Å²) in [6.45, 7) is 4.38. The lowest BCUT2D eigenvalue weighted by Gasteiger charge is -1.80. The number of rotatable bonds is 3. The molecule has 0 saturated carbocycles. The fourth-order valence-electron chi connectivity index (χ4n) is 0.359. The van der Waals surface area contributed by atoms with Crippen molar-refractivity contribution in [2.75, 3.05) is 6.54 Å². The van der Waals surface area contributed by atoms with Gasteiger partial charge in [-0.25, -0.2) is 0 Å². The van der Waals surface area contributed by atoms with Gasteiger partial charge in [0.15, 0.2) is 0 Å². The molecule has 0 N–H and O–H groups in total. The SMILES string of the molecule is C#[N+]CC(=O)CC(=O)N=O. The van der Waals surface area contributed by atoms with Gasteiger partial charge in [0.1, 0.15) is 0 Å². The molecule has 5 nitrogen and oxygen atoms in total. The molecular formula is C5H5N2O3+. The fourth-order valence-corrected chi connectivity index (χ4v) is 0.359. The Bertz CT molecular complexity index is 203. The topological polar surface area (TPSA) is 67.9 Å². The largest absolute Gasteiger partial charge is 0.320 e.